The van der Waals surface area contributed by atoms with Crippen molar-refractivity contribution in [3.63, 3.8) is 0 Å². The second-order valence-electron chi connectivity index (χ2n) is 5.75. The molecule has 0 spiro atoms. The zero-order chi connectivity index (χ0) is 12.1. The number of nitrogens with one attached hydrogen (secondary N) is 1. The van der Waals surface area contributed by atoms with Crippen LogP contribution in [0.4, 0.5) is 0 Å². The average Bonchev–Trinajstić information content (AvgIpc) is 2.28. The van der Waals surface area contributed by atoms with Crippen molar-refractivity contribution in [2.75, 3.05) is 13.1 Å². The molecule has 3 unspecified atom stereocenters. The molecular weight excluding hydrogens is 196 g/mol. The summed E-state index contributed by atoms with van der Waals surface area (Å²) in [6.45, 7) is 14.1. The summed E-state index contributed by atoms with van der Waals surface area (Å²) >= 11 is 0. The van der Waals surface area contributed by atoms with Crippen molar-refractivity contribution in [2.24, 2.45) is 5.92 Å². The van der Waals surface area contributed by atoms with Gasteiger partial charge in [0, 0.05) is 31.2 Å². The number of hydrogen-bond donors (Lipinski definition) is 1. The summed E-state index contributed by atoms with van der Waals surface area (Å²) in [5.74, 6) is 0.802. The molecule has 0 amide bonds. The molecule has 1 saturated heterocycles. The van der Waals surface area contributed by atoms with Crippen LogP contribution in [0.15, 0.2) is 0 Å². The van der Waals surface area contributed by atoms with E-state index < -0.39 is 0 Å². The first-order chi connectivity index (χ1) is 7.58. The van der Waals surface area contributed by atoms with Crippen molar-refractivity contribution in [3.8, 4) is 0 Å². The number of piperazine rings is 1. The smallest absolute Gasteiger partial charge is 0.0226 e. The minimum absolute atomic E-state index is 0.706. The summed E-state index contributed by atoms with van der Waals surface area (Å²) in [5.41, 5.74) is 0. The lowest BCUT2D eigenvalue weighted by Crippen LogP contribution is -2.58. The highest BCUT2D eigenvalue weighted by molar-refractivity contribution is 4.88. The number of hydrogen-bond acceptors (Lipinski definition) is 2. The zero-order valence-electron chi connectivity index (χ0n) is 11.8. The third-order valence-electron chi connectivity index (χ3n) is 3.94. The van der Waals surface area contributed by atoms with Gasteiger partial charge in [-0.3, -0.25) is 4.90 Å². The monoisotopic (exact) mass is 226 g/mol. The first kappa shape index (κ1) is 14.0. The van der Waals surface area contributed by atoms with Gasteiger partial charge in [-0.25, -0.2) is 0 Å². The van der Waals surface area contributed by atoms with Gasteiger partial charge in [-0.2, -0.15) is 0 Å². The summed E-state index contributed by atoms with van der Waals surface area (Å²) in [4.78, 5) is 2.74. The average molecular weight is 226 g/mol. The Morgan fingerprint density at radius 3 is 2.44 bits per heavy atom. The van der Waals surface area contributed by atoms with Crippen LogP contribution in [0.25, 0.3) is 0 Å². The van der Waals surface area contributed by atoms with Crippen LogP contribution in [0.2, 0.25) is 0 Å². The summed E-state index contributed by atoms with van der Waals surface area (Å²) in [6.07, 6.45) is 3.85. The van der Waals surface area contributed by atoms with E-state index >= 15 is 0 Å². The molecule has 1 aliphatic rings. The Balaban J connectivity index is 2.60. The van der Waals surface area contributed by atoms with E-state index in [1.165, 1.54) is 32.4 Å². The van der Waals surface area contributed by atoms with Gasteiger partial charge < -0.3 is 5.32 Å². The van der Waals surface area contributed by atoms with Gasteiger partial charge in [-0.05, 0) is 32.1 Å². The van der Waals surface area contributed by atoms with Crippen molar-refractivity contribution in [1.82, 2.24) is 10.2 Å². The van der Waals surface area contributed by atoms with Gasteiger partial charge in [0.25, 0.3) is 0 Å². The van der Waals surface area contributed by atoms with Crippen LogP contribution in [-0.4, -0.2) is 36.1 Å². The Bertz CT molecular complexity index is 191. The molecule has 16 heavy (non-hydrogen) atoms. The van der Waals surface area contributed by atoms with Crippen molar-refractivity contribution >= 4 is 0 Å². The predicted octanol–water partition coefficient (Wildman–Crippen LogP) is 2.88. The van der Waals surface area contributed by atoms with Crippen LogP contribution in [0, 0.1) is 5.92 Å². The van der Waals surface area contributed by atoms with Crippen LogP contribution in [-0.2, 0) is 0 Å². The van der Waals surface area contributed by atoms with E-state index in [-0.39, 0.29) is 0 Å². The largest absolute Gasteiger partial charge is 0.311 e. The highest BCUT2D eigenvalue weighted by Crippen LogP contribution is 2.20. The molecule has 2 heteroatoms. The molecule has 0 radical (unpaired) electrons. The highest BCUT2D eigenvalue weighted by atomic mass is 15.2. The van der Waals surface area contributed by atoms with Crippen LogP contribution in [0.1, 0.15) is 53.9 Å². The van der Waals surface area contributed by atoms with E-state index in [1.807, 2.05) is 0 Å². The predicted molar refractivity (Wildman–Crippen MR) is 71.8 cm³/mol. The zero-order valence-corrected chi connectivity index (χ0v) is 11.8. The van der Waals surface area contributed by atoms with Gasteiger partial charge in [0.05, 0.1) is 0 Å². The fourth-order valence-corrected chi connectivity index (χ4v) is 2.70. The van der Waals surface area contributed by atoms with E-state index in [4.69, 9.17) is 0 Å². The standard InChI is InChI=1S/C14H30N2/c1-6-12(5)16-10-13(7-2)15-9-14(16)8-11(3)4/h11-15H,6-10H2,1-5H3. The summed E-state index contributed by atoms with van der Waals surface area (Å²) in [7, 11) is 0. The van der Waals surface area contributed by atoms with Gasteiger partial charge >= 0.3 is 0 Å². The lowest BCUT2D eigenvalue weighted by atomic mass is 9.96. The fourth-order valence-electron chi connectivity index (χ4n) is 2.70. The first-order valence-corrected chi connectivity index (χ1v) is 7.07. The van der Waals surface area contributed by atoms with E-state index in [2.05, 4.69) is 44.8 Å². The van der Waals surface area contributed by atoms with E-state index in [1.54, 1.807) is 0 Å². The Hall–Kier alpha value is -0.0800. The Morgan fingerprint density at radius 2 is 1.94 bits per heavy atom. The lowest BCUT2D eigenvalue weighted by molar-refractivity contribution is 0.0734. The third-order valence-corrected chi connectivity index (χ3v) is 3.94. The van der Waals surface area contributed by atoms with E-state index in [9.17, 15) is 0 Å². The molecule has 0 bridgehead atoms. The minimum Gasteiger partial charge on any atom is -0.311 e. The summed E-state index contributed by atoms with van der Waals surface area (Å²) in [5, 5.41) is 3.69. The third kappa shape index (κ3) is 3.74. The quantitative estimate of drug-likeness (QED) is 0.775. The molecule has 0 aromatic carbocycles. The Morgan fingerprint density at radius 1 is 1.25 bits per heavy atom. The van der Waals surface area contributed by atoms with Gasteiger partial charge in [0.2, 0.25) is 0 Å². The minimum atomic E-state index is 0.706. The van der Waals surface area contributed by atoms with E-state index in [0.29, 0.717) is 6.04 Å². The van der Waals surface area contributed by atoms with Crippen molar-refractivity contribution < 1.29 is 0 Å². The molecule has 0 aromatic rings. The Kier molecular flexibility index (Phi) is 5.77. The van der Waals surface area contributed by atoms with Crippen LogP contribution < -0.4 is 5.32 Å². The van der Waals surface area contributed by atoms with Crippen molar-refractivity contribution in [3.05, 3.63) is 0 Å². The van der Waals surface area contributed by atoms with Gasteiger partial charge in [-0.1, -0.05) is 27.7 Å². The molecule has 1 fully saturated rings. The molecule has 1 rings (SSSR count). The molecular formula is C14H30N2. The maximum absolute atomic E-state index is 3.69. The van der Waals surface area contributed by atoms with Crippen molar-refractivity contribution in [2.45, 2.75) is 72.0 Å². The van der Waals surface area contributed by atoms with Gasteiger partial charge in [-0.15, -0.1) is 0 Å². The lowest BCUT2D eigenvalue weighted by Gasteiger charge is -2.44. The maximum atomic E-state index is 3.69. The topological polar surface area (TPSA) is 15.3 Å². The van der Waals surface area contributed by atoms with Crippen LogP contribution in [0.3, 0.4) is 0 Å². The summed E-state index contributed by atoms with van der Waals surface area (Å²) < 4.78 is 0. The van der Waals surface area contributed by atoms with E-state index in [0.717, 1.165) is 18.0 Å². The number of nitrogens with zero attached hydrogens (tertiary/aromatic N) is 1. The highest BCUT2D eigenvalue weighted by Gasteiger charge is 2.29. The molecule has 1 N–H and O–H groups in total. The molecule has 0 aromatic heterocycles. The van der Waals surface area contributed by atoms with Gasteiger partial charge in [0.15, 0.2) is 0 Å². The fraction of sp³-hybridized carbons (Fsp3) is 1.00. The molecule has 1 aliphatic heterocycles. The maximum Gasteiger partial charge on any atom is 0.0226 e. The second kappa shape index (κ2) is 6.61. The normalized spacial score (nSPS) is 29.6. The Labute approximate surface area is 102 Å². The molecule has 3 atom stereocenters. The first-order valence-electron chi connectivity index (χ1n) is 7.07. The summed E-state index contributed by atoms with van der Waals surface area (Å²) in [6, 6.07) is 2.19. The molecule has 0 aliphatic carbocycles. The SMILES string of the molecule is CCC1CN(C(C)CC)C(CC(C)C)CN1. The second-order valence-corrected chi connectivity index (χ2v) is 5.75. The van der Waals surface area contributed by atoms with Crippen LogP contribution in [0.5, 0.6) is 0 Å². The number of rotatable bonds is 5. The molecule has 0 saturated carbocycles. The van der Waals surface area contributed by atoms with Gasteiger partial charge in [0.1, 0.15) is 0 Å². The van der Waals surface area contributed by atoms with Crippen LogP contribution >= 0.6 is 0 Å². The molecule has 1 heterocycles. The molecule has 96 valence electrons. The van der Waals surface area contributed by atoms with Crippen molar-refractivity contribution in [1.29, 1.82) is 0 Å². The molecule has 2 nitrogen and oxygen atoms in total.